The number of fused-ring (bicyclic) bond motifs is 3. The Morgan fingerprint density at radius 3 is 2.30 bits per heavy atom. The van der Waals surface area contributed by atoms with E-state index >= 15 is 0 Å². The van der Waals surface area contributed by atoms with Crippen LogP contribution in [0, 0.1) is 6.92 Å². The van der Waals surface area contributed by atoms with Gasteiger partial charge in [0, 0.05) is 13.3 Å². The predicted octanol–water partition coefficient (Wildman–Crippen LogP) is 2.08. The first-order valence-corrected chi connectivity index (χ1v) is 9.35. The highest BCUT2D eigenvalue weighted by Gasteiger charge is 2.20. The molecule has 0 aliphatic carbocycles. The van der Waals surface area contributed by atoms with Crippen molar-refractivity contribution >= 4 is 27.5 Å². The number of H-pyrrole nitrogens is 1. The van der Waals surface area contributed by atoms with E-state index in [9.17, 15) is 9.59 Å². The normalized spacial score (nSPS) is 12.6. The van der Waals surface area contributed by atoms with E-state index in [1.807, 2.05) is 12.1 Å². The molecule has 0 saturated heterocycles. The number of hydrogen-bond donors (Lipinski definition) is 2. The first-order chi connectivity index (χ1) is 14.6. The van der Waals surface area contributed by atoms with Gasteiger partial charge >= 0.3 is 0 Å². The van der Waals surface area contributed by atoms with Crippen LogP contribution in [0.25, 0.3) is 27.5 Å². The van der Waals surface area contributed by atoms with Gasteiger partial charge in [-0.3, -0.25) is 20.1 Å². The molecule has 0 fully saturated rings. The van der Waals surface area contributed by atoms with E-state index < -0.39 is 6.23 Å². The van der Waals surface area contributed by atoms with Crippen molar-refractivity contribution in [3.8, 4) is 0 Å². The largest absolute Gasteiger partial charge is 0.356 e. The van der Waals surface area contributed by atoms with E-state index in [0.29, 0.717) is 38.8 Å². The summed E-state index contributed by atoms with van der Waals surface area (Å²) < 4.78 is 8.31. The molecule has 30 heavy (non-hydrogen) atoms. The number of methoxy groups -OCH3 is 1. The zero-order valence-electron chi connectivity index (χ0n) is 16.3. The number of para-hydroxylation sites is 2. The second kappa shape index (κ2) is 6.82. The molecule has 3 aromatic heterocycles. The van der Waals surface area contributed by atoms with Gasteiger partial charge in [0.15, 0.2) is 11.9 Å². The summed E-state index contributed by atoms with van der Waals surface area (Å²) in [7, 11) is 1.51. The van der Waals surface area contributed by atoms with Crippen LogP contribution < -0.4 is 16.5 Å². The first kappa shape index (κ1) is 18.1. The van der Waals surface area contributed by atoms with Gasteiger partial charge in [-0.1, -0.05) is 24.3 Å². The van der Waals surface area contributed by atoms with Gasteiger partial charge in [-0.05, 0) is 31.2 Å². The van der Waals surface area contributed by atoms with Crippen molar-refractivity contribution in [2.45, 2.75) is 13.2 Å². The van der Waals surface area contributed by atoms with Crippen LogP contribution in [0.1, 0.15) is 17.6 Å². The Morgan fingerprint density at radius 1 is 0.967 bits per heavy atom. The molecule has 0 radical (unpaired) electrons. The Bertz CT molecular complexity index is 1530. The van der Waals surface area contributed by atoms with Gasteiger partial charge in [0.25, 0.3) is 11.1 Å². The van der Waals surface area contributed by atoms with Crippen LogP contribution in [0.4, 0.5) is 0 Å². The first-order valence-electron chi connectivity index (χ1n) is 9.35. The van der Waals surface area contributed by atoms with Crippen molar-refractivity contribution in [3.05, 3.63) is 86.8 Å². The number of aromatic nitrogens is 5. The van der Waals surface area contributed by atoms with E-state index in [1.165, 1.54) is 16.3 Å². The minimum Gasteiger partial charge on any atom is -0.356 e. The molecule has 0 aliphatic heterocycles. The monoisotopic (exact) mass is 402 g/mol. The fourth-order valence-corrected chi connectivity index (χ4v) is 3.60. The van der Waals surface area contributed by atoms with Gasteiger partial charge in [0.05, 0.1) is 27.4 Å². The van der Waals surface area contributed by atoms with Gasteiger partial charge in [-0.25, -0.2) is 19.2 Å². The Morgan fingerprint density at radius 2 is 1.60 bits per heavy atom. The lowest BCUT2D eigenvalue weighted by molar-refractivity contribution is 0.115. The fraction of sp³-hybridized carbons (Fsp3) is 0.143. The predicted molar refractivity (Wildman–Crippen MR) is 113 cm³/mol. The van der Waals surface area contributed by atoms with Crippen LogP contribution in [0.3, 0.4) is 0 Å². The number of aryl methyl sites for hydroxylation is 1. The Balaban J connectivity index is 1.65. The number of rotatable bonds is 4. The number of benzene rings is 2. The summed E-state index contributed by atoms with van der Waals surface area (Å²) in [5.41, 5.74) is 4.82. The second-order valence-electron chi connectivity index (χ2n) is 6.88. The standard InChI is InChI=1S/C21H18N6O3/c1-12-23-16-9-5-3-7-13(16)20(28)26(12)25-19(30-2)15-11-22-27-18(15)24-17-10-6-4-8-14(17)21(27)29/h3-11,19,22,25H,1-2H3. The molecule has 0 amide bonds. The van der Waals surface area contributed by atoms with Crippen LogP contribution >= 0.6 is 0 Å². The highest BCUT2D eigenvalue weighted by atomic mass is 16.5. The van der Waals surface area contributed by atoms with Crippen LogP contribution in [0.2, 0.25) is 0 Å². The number of ether oxygens (including phenoxy) is 1. The Kier molecular flexibility index (Phi) is 4.11. The molecule has 0 saturated carbocycles. The number of aromatic amines is 1. The summed E-state index contributed by atoms with van der Waals surface area (Å²) in [5.74, 6) is 0.483. The van der Waals surface area contributed by atoms with E-state index in [-0.39, 0.29) is 11.1 Å². The maximum atomic E-state index is 13.0. The minimum absolute atomic E-state index is 0.211. The van der Waals surface area contributed by atoms with Gasteiger partial charge < -0.3 is 4.74 Å². The summed E-state index contributed by atoms with van der Waals surface area (Å²) in [6.07, 6.45) is 0.886. The van der Waals surface area contributed by atoms with Crippen LogP contribution in [-0.4, -0.2) is 31.4 Å². The van der Waals surface area contributed by atoms with Crippen molar-refractivity contribution in [2.24, 2.45) is 0 Å². The maximum Gasteiger partial charge on any atom is 0.280 e. The average Bonchev–Trinajstić information content (AvgIpc) is 3.18. The molecule has 9 heteroatoms. The number of nitrogens with zero attached hydrogens (tertiary/aromatic N) is 4. The van der Waals surface area contributed by atoms with Gasteiger partial charge in [0.1, 0.15) is 5.82 Å². The lowest BCUT2D eigenvalue weighted by Gasteiger charge is -2.20. The van der Waals surface area contributed by atoms with Crippen molar-refractivity contribution in [2.75, 3.05) is 12.5 Å². The third kappa shape index (κ3) is 2.67. The second-order valence-corrected chi connectivity index (χ2v) is 6.88. The van der Waals surface area contributed by atoms with Crippen molar-refractivity contribution < 1.29 is 4.74 Å². The molecular weight excluding hydrogens is 384 g/mol. The molecular formula is C21H18N6O3. The average molecular weight is 402 g/mol. The molecule has 150 valence electrons. The van der Waals surface area contributed by atoms with Gasteiger partial charge in [0.2, 0.25) is 0 Å². The smallest absolute Gasteiger partial charge is 0.280 e. The van der Waals surface area contributed by atoms with Crippen LogP contribution in [0.15, 0.2) is 64.3 Å². The lowest BCUT2D eigenvalue weighted by Crippen LogP contribution is -2.35. The number of nitrogens with one attached hydrogen (secondary N) is 2. The molecule has 3 heterocycles. The van der Waals surface area contributed by atoms with Crippen LogP contribution in [0.5, 0.6) is 0 Å². The van der Waals surface area contributed by atoms with Crippen LogP contribution in [-0.2, 0) is 4.74 Å². The summed E-state index contributed by atoms with van der Waals surface area (Å²) in [4.78, 5) is 34.9. The van der Waals surface area contributed by atoms with Crippen molar-refractivity contribution in [1.82, 2.24) is 24.3 Å². The van der Waals surface area contributed by atoms with Crippen molar-refractivity contribution in [1.29, 1.82) is 0 Å². The molecule has 9 nitrogen and oxygen atoms in total. The maximum absolute atomic E-state index is 13.0. The topological polar surface area (TPSA) is 106 Å². The zero-order valence-corrected chi connectivity index (χ0v) is 16.3. The highest BCUT2D eigenvalue weighted by molar-refractivity contribution is 5.80. The molecule has 1 atom stereocenters. The lowest BCUT2D eigenvalue weighted by atomic mass is 10.2. The molecule has 2 N–H and O–H groups in total. The molecule has 0 bridgehead atoms. The Labute approximate surface area is 169 Å². The van der Waals surface area contributed by atoms with E-state index in [2.05, 4.69) is 20.5 Å². The van der Waals surface area contributed by atoms with E-state index in [1.54, 1.807) is 49.5 Å². The SMILES string of the molecule is COC(Nn1c(C)nc2ccccc2c1=O)c1c[nH]n2c(=O)c3ccccc3nc12. The number of hydrogen-bond acceptors (Lipinski definition) is 6. The minimum atomic E-state index is -0.751. The highest BCUT2D eigenvalue weighted by Crippen LogP contribution is 2.20. The third-order valence-electron chi connectivity index (χ3n) is 5.09. The molecule has 0 spiro atoms. The molecule has 5 rings (SSSR count). The van der Waals surface area contributed by atoms with E-state index in [0.717, 1.165) is 0 Å². The Hall–Kier alpha value is -3.98. The van der Waals surface area contributed by atoms with Crippen molar-refractivity contribution in [3.63, 3.8) is 0 Å². The summed E-state index contributed by atoms with van der Waals surface area (Å²) in [5, 5.41) is 3.93. The summed E-state index contributed by atoms with van der Waals surface area (Å²) in [6.45, 7) is 1.74. The zero-order chi connectivity index (χ0) is 20.8. The fourth-order valence-electron chi connectivity index (χ4n) is 3.60. The third-order valence-corrected chi connectivity index (χ3v) is 5.09. The molecule has 0 aliphatic rings. The quantitative estimate of drug-likeness (QED) is 0.446. The van der Waals surface area contributed by atoms with E-state index in [4.69, 9.17) is 4.74 Å². The summed E-state index contributed by atoms with van der Waals surface area (Å²) in [6, 6.07) is 14.3. The summed E-state index contributed by atoms with van der Waals surface area (Å²) >= 11 is 0. The molecule has 2 aromatic carbocycles. The van der Waals surface area contributed by atoms with Gasteiger partial charge in [-0.15, -0.1) is 0 Å². The van der Waals surface area contributed by atoms with Gasteiger partial charge in [-0.2, -0.15) is 0 Å². The molecule has 1 unspecified atom stereocenters. The molecule has 5 aromatic rings.